The van der Waals surface area contributed by atoms with Crippen LogP contribution < -0.4 is 0 Å². The van der Waals surface area contributed by atoms with Crippen LogP contribution in [0.25, 0.3) is 0 Å². The van der Waals surface area contributed by atoms with Gasteiger partial charge in [0.05, 0.1) is 12.2 Å². The number of aryl methyl sites for hydroxylation is 1. The average Bonchev–Trinajstić information content (AvgIpc) is 2.66. The van der Waals surface area contributed by atoms with Crippen LogP contribution in [0.5, 0.6) is 0 Å². The normalized spacial score (nSPS) is 18.5. The van der Waals surface area contributed by atoms with Crippen LogP contribution in [0, 0.1) is 6.92 Å². The molecule has 0 atom stereocenters. The first-order valence-corrected chi connectivity index (χ1v) is 6.21. The van der Waals surface area contributed by atoms with E-state index in [1.807, 2.05) is 13.0 Å². The van der Waals surface area contributed by atoms with Crippen molar-refractivity contribution in [2.75, 3.05) is 32.7 Å². The minimum Gasteiger partial charge on any atom is -0.360 e. The Morgan fingerprint density at radius 1 is 1.41 bits per heavy atom. The van der Waals surface area contributed by atoms with Crippen molar-refractivity contribution in [1.29, 1.82) is 0 Å². The predicted octanol–water partition coefficient (Wildman–Crippen LogP) is 1.85. The second kappa shape index (κ2) is 5.67. The van der Waals surface area contributed by atoms with Gasteiger partial charge in [0, 0.05) is 43.8 Å². The molecule has 1 fully saturated rings. The summed E-state index contributed by atoms with van der Waals surface area (Å²) in [6.45, 7) is 11.4. The molecule has 2 rings (SSSR count). The predicted molar refractivity (Wildman–Crippen MR) is 68.0 cm³/mol. The van der Waals surface area contributed by atoms with Crippen molar-refractivity contribution in [1.82, 2.24) is 15.0 Å². The van der Waals surface area contributed by atoms with E-state index in [1.54, 1.807) is 0 Å². The Kier molecular flexibility index (Phi) is 4.20. The fourth-order valence-corrected chi connectivity index (χ4v) is 2.23. The molecule has 0 amide bonds. The van der Waals surface area contributed by atoms with Crippen LogP contribution in [-0.4, -0.2) is 47.7 Å². The maximum Gasteiger partial charge on any atom is 0.150 e. The van der Waals surface area contributed by atoms with Crippen molar-refractivity contribution in [3.8, 4) is 0 Å². The number of piperazine rings is 1. The molecule has 0 N–H and O–H groups in total. The zero-order valence-electron chi connectivity index (χ0n) is 10.2. The summed E-state index contributed by atoms with van der Waals surface area (Å²) in [4.78, 5) is 4.69. The van der Waals surface area contributed by atoms with Gasteiger partial charge in [-0.05, 0) is 6.92 Å². The van der Waals surface area contributed by atoms with Gasteiger partial charge in [-0.25, -0.2) is 0 Å². The molecule has 17 heavy (non-hydrogen) atoms. The fraction of sp³-hybridized carbons (Fsp3) is 0.583. The summed E-state index contributed by atoms with van der Waals surface area (Å²) in [7, 11) is 0. The third-order valence-corrected chi connectivity index (χ3v) is 3.04. The van der Waals surface area contributed by atoms with Crippen molar-refractivity contribution in [3.63, 3.8) is 0 Å². The second-order valence-electron chi connectivity index (χ2n) is 4.50. The van der Waals surface area contributed by atoms with E-state index in [4.69, 9.17) is 16.1 Å². The monoisotopic (exact) mass is 255 g/mol. The number of hydrogen-bond acceptors (Lipinski definition) is 4. The van der Waals surface area contributed by atoms with Gasteiger partial charge in [0.15, 0.2) is 5.76 Å². The van der Waals surface area contributed by atoms with Crippen molar-refractivity contribution >= 4 is 11.6 Å². The van der Waals surface area contributed by atoms with Crippen LogP contribution >= 0.6 is 11.6 Å². The van der Waals surface area contributed by atoms with E-state index in [2.05, 4.69) is 21.5 Å². The van der Waals surface area contributed by atoms with Crippen molar-refractivity contribution in [3.05, 3.63) is 29.1 Å². The smallest absolute Gasteiger partial charge is 0.150 e. The summed E-state index contributed by atoms with van der Waals surface area (Å²) in [5, 5.41) is 4.61. The molecule has 1 aromatic rings. The van der Waals surface area contributed by atoms with Crippen molar-refractivity contribution < 1.29 is 4.52 Å². The number of rotatable bonds is 4. The molecular weight excluding hydrogens is 238 g/mol. The number of aromatic nitrogens is 1. The van der Waals surface area contributed by atoms with Gasteiger partial charge in [-0.15, -0.1) is 0 Å². The summed E-state index contributed by atoms with van der Waals surface area (Å²) < 4.78 is 5.22. The molecule has 0 aromatic carbocycles. The summed E-state index contributed by atoms with van der Waals surface area (Å²) in [5.74, 6) is 0.942. The third kappa shape index (κ3) is 3.84. The van der Waals surface area contributed by atoms with E-state index < -0.39 is 0 Å². The molecule has 0 bridgehead atoms. The third-order valence-electron chi connectivity index (χ3n) is 2.92. The summed E-state index contributed by atoms with van der Waals surface area (Å²) in [5.41, 5.74) is 0.942. The first-order valence-electron chi connectivity index (χ1n) is 5.83. The van der Waals surface area contributed by atoms with Crippen LogP contribution in [0.15, 0.2) is 22.2 Å². The largest absolute Gasteiger partial charge is 0.360 e. The fourth-order valence-electron chi connectivity index (χ4n) is 2.06. The zero-order chi connectivity index (χ0) is 12.3. The van der Waals surface area contributed by atoms with Crippen LogP contribution in [0.3, 0.4) is 0 Å². The lowest BCUT2D eigenvalue weighted by atomic mass is 10.3. The molecule has 0 aliphatic carbocycles. The lowest BCUT2D eigenvalue weighted by molar-refractivity contribution is 0.126. The van der Waals surface area contributed by atoms with E-state index in [0.717, 1.165) is 50.7 Å². The van der Waals surface area contributed by atoms with Gasteiger partial charge < -0.3 is 4.52 Å². The Balaban J connectivity index is 1.77. The van der Waals surface area contributed by atoms with Crippen LogP contribution in [0.4, 0.5) is 0 Å². The SMILES string of the molecule is C=C(Cl)CN1CCN(Cc2cc(C)no2)CC1. The molecular formula is C12H18ClN3O. The number of halogens is 1. The molecule has 1 aliphatic heterocycles. The van der Waals surface area contributed by atoms with Gasteiger partial charge in [-0.2, -0.15) is 0 Å². The highest BCUT2D eigenvalue weighted by Gasteiger charge is 2.18. The molecule has 0 spiro atoms. The van der Waals surface area contributed by atoms with E-state index in [-0.39, 0.29) is 0 Å². The lowest BCUT2D eigenvalue weighted by Crippen LogP contribution is -2.46. The van der Waals surface area contributed by atoms with E-state index >= 15 is 0 Å². The van der Waals surface area contributed by atoms with Gasteiger partial charge in [0.25, 0.3) is 0 Å². The Bertz CT molecular complexity index is 383. The number of hydrogen-bond donors (Lipinski definition) is 0. The lowest BCUT2D eigenvalue weighted by Gasteiger charge is -2.33. The molecule has 0 saturated carbocycles. The quantitative estimate of drug-likeness (QED) is 0.822. The molecule has 2 heterocycles. The van der Waals surface area contributed by atoms with Crippen LogP contribution in [-0.2, 0) is 6.54 Å². The maximum atomic E-state index is 5.81. The Hall–Kier alpha value is -0.840. The van der Waals surface area contributed by atoms with Gasteiger partial charge in [0.2, 0.25) is 0 Å². The summed E-state index contributed by atoms with van der Waals surface area (Å²) in [6, 6.07) is 1.99. The van der Waals surface area contributed by atoms with Gasteiger partial charge in [-0.1, -0.05) is 23.3 Å². The Labute approximate surface area is 107 Å². The molecule has 1 saturated heterocycles. The van der Waals surface area contributed by atoms with Gasteiger partial charge in [-0.3, -0.25) is 9.80 Å². The molecule has 5 heteroatoms. The molecule has 0 unspecified atom stereocenters. The van der Waals surface area contributed by atoms with Gasteiger partial charge in [0.1, 0.15) is 0 Å². The van der Waals surface area contributed by atoms with Crippen LogP contribution in [0.2, 0.25) is 0 Å². The van der Waals surface area contributed by atoms with Crippen LogP contribution in [0.1, 0.15) is 11.5 Å². The Morgan fingerprint density at radius 2 is 2.06 bits per heavy atom. The first kappa shape index (κ1) is 12.6. The topological polar surface area (TPSA) is 32.5 Å². The first-order chi connectivity index (χ1) is 8.13. The molecule has 4 nitrogen and oxygen atoms in total. The number of nitrogens with zero attached hydrogens (tertiary/aromatic N) is 3. The zero-order valence-corrected chi connectivity index (χ0v) is 10.9. The van der Waals surface area contributed by atoms with Crippen molar-refractivity contribution in [2.45, 2.75) is 13.5 Å². The summed E-state index contributed by atoms with van der Waals surface area (Å²) in [6.07, 6.45) is 0. The standard InChI is InChI=1S/C12H18ClN3O/c1-10(13)8-15-3-5-16(6-4-15)9-12-7-11(2)14-17-12/h7H,1,3-6,8-9H2,2H3. The molecule has 94 valence electrons. The minimum atomic E-state index is 0.712. The molecule has 1 aromatic heterocycles. The van der Waals surface area contributed by atoms with Crippen molar-refractivity contribution in [2.24, 2.45) is 0 Å². The molecule has 1 aliphatic rings. The molecule has 0 radical (unpaired) electrons. The van der Waals surface area contributed by atoms with E-state index in [9.17, 15) is 0 Å². The highest BCUT2D eigenvalue weighted by atomic mass is 35.5. The summed E-state index contributed by atoms with van der Waals surface area (Å²) >= 11 is 5.81. The van der Waals surface area contributed by atoms with E-state index in [0.29, 0.717) is 5.03 Å². The van der Waals surface area contributed by atoms with Gasteiger partial charge >= 0.3 is 0 Å². The Morgan fingerprint density at radius 3 is 2.59 bits per heavy atom. The maximum absolute atomic E-state index is 5.81. The second-order valence-corrected chi connectivity index (χ2v) is 5.04. The van der Waals surface area contributed by atoms with E-state index in [1.165, 1.54) is 0 Å². The average molecular weight is 256 g/mol. The highest BCUT2D eigenvalue weighted by molar-refractivity contribution is 6.29. The minimum absolute atomic E-state index is 0.712. The highest BCUT2D eigenvalue weighted by Crippen LogP contribution is 2.11.